The molecule has 0 saturated carbocycles. The molecule has 0 fully saturated rings. The first-order chi connectivity index (χ1) is 16.2. The summed E-state index contributed by atoms with van der Waals surface area (Å²) in [5.41, 5.74) is 2.07. The molecule has 0 bridgehead atoms. The van der Waals surface area contributed by atoms with E-state index in [0.29, 0.717) is 44.5 Å². The van der Waals surface area contributed by atoms with Gasteiger partial charge in [0.2, 0.25) is 4.96 Å². The molecule has 6 aromatic rings. The minimum Gasteiger partial charge on any atom is -0.496 e. The summed E-state index contributed by atoms with van der Waals surface area (Å²) in [6.45, 7) is 0.275. The van der Waals surface area contributed by atoms with Crippen LogP contribution in [0.2, 0.25) is 0 Å². The first-order valence-corrected chi connectivity index (χ1v) is 11.4. The van der Waals surface area contributed by atoms with Gasteiger partial charge in [0.15, 0.2) is 16.5 Å². The smallest absolute Gasteiger partial charge is 0.294 e. The number of rotatable bonds is 7. The van der Waals surface area contributed by atoms with Gasteiger partial charge in [-0.1, -0.05) is 5.16 Å². The molecule has 5 aromatic heterocycles. The zero-order valence-electron chi connectivity index (χ0n) is 17.3. The average Bonchev–Trinajstić information content (AvgIpc) is 3.63. The van der Waals surface area contributed by atoms with Crippen molar-refractivity contribution in [3.63, 3.8) is 0 Å². The maximum absolute atomic E-state index is 6.11. The van der Waals surface area contributed by atoms with Crippen molar-refractivity contribution in [1.29, 1.82) is 0 Å². The van der Waals surface area contributed by atoms with Crippen LogP contribution >= 0.6 is 22.7 Å². The van der Waals surface area contributed by atoms with E-state index in [4.69, 9.17) is 23.2 Å². The Kier molecular flexibility index (Phi) is 4.73. The van der Waals surface area contributed by atoms with Crippen molar-refractivity contribution in [1.82, 2.24) is 24.7 Å². The summed E-state index contributed by atoms with van der Waals surface area (Å²) in [6, 6.07) is 7.31. The highest BCUT2D eigenvalue weighted by Crippen LogP contribution is 2.37. The second-order valence-corrected chi connectivity index (χ2v) is 8.66. The number of hydrogen-bond donors (Lipinski definition) is 0. The van der Waals surface area contributed by atoms with Crippen molar-refractivity contribution in [2.45, 2.75) is 6.61 Å². The summed E-state index contributed by atoms with van der Waals surface area (Å²) in [7, 11) is 3.18. The average molecular weight is 482 g/mol. The van der Waals surface area contributed by atoms with Gasteiger partial charge < -0.3 is 23.2 Å². The van der Waals surface area contributed by atoms with Gasteiger partial charge >= 0.3 is 0 Å². The van der Waals surface area contributed by atoms with Crippen LogP contribution in [-0.2, 0) is 6.61 Å². The molecule has 166 valence electrons. The van der Waals surface area contributed by atoms with E-state index in [1.54, 1.807) is 37.2 Å². The van der Waals surface area contributed by atoms with E-state index in [2.05, 4.69) is 20.2 Å². The monoisotopic (exact) mass is 481 g/mol. The minimum absolute atomic E-state index is 0.275. The summed E-state index contributed by atoms with van der Waals surface area (Å²) < 4.78 is 29.6. The topological polar surface area (TPSA) is 110 Å². The van der Waals surface area contributed by atoms with Crippen molar-refractivity contribution < 1.29 is 23.2 Å². The van der Waals surface area contributed by atoms with Crippen LogP contribution in [0.1, 0.15) is 5.69 Å². The molecule has 0 aliphatic carbocycles. The van der Waals surface area contributed by atoms with Crippen LogP contribution in [0.15, 0.2) is 51.0 Å². The van der Waals surface area contributed by atoms with E-state index in [9.17, 15) is 0 Å². The summed E-state index contributed by atoms with van der Waals surface area (Å²) in [5.74, 6) is 2.47. The molecule has 1 aromatic carbocycles. The molecule has 0 atom stereocenters. The third-order valence-corrected chi connectivity index (χ3v) is 6.63. The van der Waals surface area contributed by atoms with E-state index >= 15 is 0 Å². The molecule has 0 unspecified atom stereocenters. The van der Waals surface area contributed by atoms with E-state index in [1.165, 1.54) is 22.7 Å². The number of nitrogens with zero attached hydrogens (tertiary/aromatic N) is 5. The molecule has 0 aliphatic heterocycles. The maximum atomic E-state index is 6.11. The quantitative estimate of drug-likeness (QED) is 0.314. The minimum atomic E-state index is 0.275. The third-order valence-electron chi connectivity index (χ3n) is 4.84. The molecule has 0 radical (unpaired) electrons. The first-order valence-electron chi connectivity index (χ1n) is 9.70. The van der Waals surface area contributed by atoms with Gasteiger partial charge in [-0.2, -0.15) is 0 Å². The molecule has 5 heterocycles. The van der Waals surface area contributed by atoms with Gasteiger partial charge in [-0.15, -0.1) is 16.4 Å². The van der Waals surface area contributed by atoms with Gasteiger partial charge in [0.25, 0.3) is 5.19 Å². The summed E-state index contributed by atoms with van der Waals surface area (Å²) in [6.07, 6.45) is 3.39. The van der Waals surface area contributed by atoms with Gasteiger partial charge in [0.1, 0.15) is 29.4 Å². The van der Waals surface area contributed by atoms with Gasteiger partial charge in [-0.25, -0.2) is 14.5 Å². The maximum Gasteiger partial charge on any atom is 0.294 e. The van der Waals surface area contributed by atoms with Gasteiger partial charge in [-0.3, -0.25) is 0 Å². The van der Waals surface area contributed by atoms with Gasteiger partial charge in [-0.05, 0) is 17.4 Å². The van der Waals surface area contributed by atoms with Crippen LogP contribution in [0.3, 0.4) is 0 Å². The number of thiazole rings is 1. The molecule has 0 saturated heterocycles. The molecule has 10 nitrogen and oxygen atoms in total. The van der Waals surface area contributed by atoms with Crippen molar-refractivity contribution in [2.75, 3.05) is 14.2 Å². The van der Waals surface area contributed by atoms with Crippen molar-refractivity contribution in [3.8, 4) is 38.9 Å². The molecule has 6 rings (SSSR count). The molecule has 12 heteroatoms. The number of furan rings is 1. The van der Waals surface area contributed by atoms with E-state index in [-0.39, 0.29) is 6.61 Å². The largest absolute Gasteiger partial charge is 0.496 e. The molecule has 33 heavy (non-hydrogen) atoms. The van der Waals surface area contributed by atoms with Crippen LogP contribution < -0.4 is 14.2 Å². The summed E-state index contributed by atoms with van der Waals surface area (Å²) in [5, 5.41) is 12.0. The molecule has 0 aliphatic rings. The number of methoxy groups -OCH3 is 2. The lowest BCUT2D eigenvalue weighted by molar-refractivity contribution is 0.303. The third kappa shape index (κ3) is 3.58. The number of imidazole rings is 1. The second-order valence-electron chi connectivity index (χ2n) is 6.88. The number of ether oxygens (including phenoxy) is 3. The molecule has 0 N–H and O–H groups in total. The Morgan fingerprint density at radius 2 is 2.03 bits per heavy atom. The van der Waals surface area contributed by atoms with Crippen LogP contribution in [-0.4, -0.2) is 39.0 Å². The Balaban J connectivity index is 1.31. The molecule has 0 amide bonds. The van der Waals surface area contributed by atoms with Gasteiger partial charge in [0, 0.05) is 23.6 Å². The van der Waals surface area contributed by atoms with Crippen molar-refractivity contribution in [2.24, 2.45) is 0 Å². The second kappa shape index (κ2) is 7.90. The van der Waals surface area contributed by atoms with Crippen molar-refractivity contribution >= 4 is 38.6 Å². The first kappa shape index (κ1) is 19.8. The predicted octanol–water partition coefficient (Wildman–Crippen LogP) is 4.91. The SMILES string of the molecule is COc1cc(OCc2csc(-c3ccno3)n2)c2cc(-c3cn4nc(OC)sc4n3)oc2c1. The van der Waals surface area contributed by atoms with E-state index in [1.807, 2.05) is 23.6 Å². The lowest BCUT2D eigenvalue weighted by Gasteiger charge is -2.07. The molecular weight excluding hydrogens is 466 g/mol. The Bertz CT molecular complexity index is 1530. The van der Waals surface area contributed by atoms with E-state index in [0.717, 1.165) is 16.1 Å². The van der Waals surface area contributed by atoms with Crippen LogP contribution in [0.25, 0.3) is 38.2 Å². The van der Waals surface area contributed by atoms with Gasteiger partial charge in [0.05, 0.1) is 37.7 Å². The number of aromatic nitrogens is 5. The zero-order chi connectivity index (χ0) is 22.4. The van der Waals surface area contributed by atoms with E-state index < -0.39 is 0 Å². The standard InChI is InChI=1S/C21H15N5O5S2/c1-27-12-5-16(29-9-11-10-32-19(23-11)15-3-4-22-31-15)13-7-18(30-17(13)6-12)14-8-26-20(24-14)33-21(25-26)28-2/h3-8,10H,9H2,1-2H3. The number of fused-ring (bicyclic) bond motifs is 2. The Morgan fingerprint density at radius 3 is 2.82 bits per heavy atom. The highest BCUT2D eigenvalue weighted by molar-refractivity contribution is 7.18. The zero-order valence-corrected chi connectivity index (χ0v) is 19.0. The highest BCUT2D eigenvalue weighted by Gasteiger charge is 2.17. The highest BCUT2D eigenvalue weighted by atomic mass is 32.1. The molecular formula is C21H15N5O5S2. The predicted molar refractivity (Wildman–Crippen MR) is 121 cm³/mol. The number of benzene rings is 1. The Labute approximate surface area is 194 Å². The Hall–Kier alpha value is -3.90. The fraction of sp³-hybridized carbons (Fsp3) is 0.143. The van der Waals surface area contributed by atoms with Crippen LogP contribution in [0.5, 0.6) is 16.7 Å². The van der Waals surface area contributed by atoms with Crippen molar-refractivity contribution in [3.05, 3.63) is 47.7 Å². The Morgan fingerprint density at radius 1 is 1.09 bits per heavy atom. The molecule has 0 spiro atoms. The van der Waals surface area contributed by atoms with Crippen LogP contribution in [0, 0.1) is 0 Å². The van der Waals surface area contributed by atoms with Crippen LogP contribution in [0.4, 0.5) is 0 Å². The summed E-state index contributed by atoms with van der Waals surface area (Å²) in [4.78, 5) is 9.85. The normalized spacial score (nSPS) is 11.5. The summed E-state index contributed by atoms with van der Waals surface area (Å²) >= 11 is 2.82. The fourth-order valence-electron chi connectivity index (χ4n) is 3.29. The number of hydrogen-bond acceptors (Lipinski definition) is 11. The lowest BCUT2D eigenvalue weighted by atomic mass is 10.2. The lowest BCUT2D eigenvalue weighted by Crippen LogP contribution is -1.96. The fourth-order valence-corrected chi connectivity index (χ4v) is 4.75.